The third kappa shape index (κ3) is 8.93. The van der Waals surface area contributed by atoms with Gasteiger partial charge in [0.25, 0.3) is 0 Å². The number of rotatable bonds is 0. The first-order valence-electron chi connectivity index (χ1n) is 0. The minimum Gasteiger partial charge on any atom is 0 e. The van der Waals surface area contributed by atoms with Crippen molar-refractivity contribution in [2.24, 2.45) is 0 Å². The van der Waals surface area contributed by atoms with Gasteiger partial charge in [0, 0.05) is 71.8 Å². The van der Waals surface area contributed by atoms with E-state index in [-0.39, 0.29) is 71.8 Å². The summed E-state index contributed by atoms with van der Waals surface area (Å²) < 4.78 is 0. The van der Waals surface area contributed by atoms with Crippen molar-refractivity contribution in [3.05, 3.63) is 0 Å². The molecule has 1 nitrogen and oxygen atoms in total. The number of nitrogens with zero attached hydrogens (tertiary/aromatic N) is 1. The molecule has 0 aromatic rings. The van der Waals surface area contributed by atoms with E-state index in [0.29, 0.717) is 0 Å². The van der Waals surface area contributed by atoms with Gasteiger partial charge in [-0.15, -0.1) is 0 Å². The van der Waals surface area contributed by atoms with E-state index in [1.807, 2.05) is 0 Å². The van der Waals surface area contributed by atoms with E-state index >= 15 is 0 Å². The molecular weight excluding hydrogens is 336 g/mol. The van der Waals surface area contributed by atoms with Gasteiger partial charge < -0.3 is 0 Å². The van der Waals surface area contributed by atoms with Crippen molar-refractivity contribution in [3.8, 4) is 0 Å². The largest absolute Gasteiger partial charge is 0 e. The molecule has 0 fully saturated rings. The fourth-order valence-electron chi connectivity index (χ4n) is 0. The van der Waals surface area contributed by atoms with Crippen LogP contribution in [0.2, 0.25) is 0 Å². The van der Waals surface area contributed by atoms with Crippen LogP contribution < -0.4 is 6.15 Å². The van der Waals surface area contributed by atoms with Crippen LogP contribution in [0.4, 0.5) is 0 Å². The maximum absolute atomic E-state index is 0. The summed E-state index contributed by atoms with van der Waals surface area (Å²) in [6, 6.07) is 0. The molecule has 0 atom stereocenters. The van der Waals surface area contributed by atoms with Crippen LogP contribution in [0, 0.1) is 0 Å². The van der Waals surface area contributed by atoms with Crippen molar-refractivity contribution in [2.75, 3.05) is 0 Å². The van der Waals surface area contributed by atoms with Gasteiger partial charge >= 0.3 is 0 Å². The van der Waals surface area contributed by atoms with E-state index in [1.165, 1.54) is 0 Å². The van der Waals surface area contributed by atoms with E-state index in [1.54, 1.807) is 0 Å². The quantitative estimate of drug-likeness (QED) is 0.476. The van der Waals surface area contributed by atoms with E-state index < -0.39 is 0 Å². The average Bonchev–Trinajstić information content (AvgIpc) is 0. The molecule has 0 saturated carbocycles. The fourth-order valence-corrected chi connectivity index (χ4v) is 0. The normalized spacial score (nSPS) is 0. The summed E-state index contributed by atoms with van der Waals surface area (Å²) >= 11 is 0. The van der Waals surface area contributed by atoms with Gasteiger partial charge in [-0.05, 0) is 0 Å². The molecule has 0 N–H and O–H groups in total. The van der Waals surface area contributed by atoms with Crippen LogP contribution in [-0.2, 0) is 0 Å². The fraction of sp³-hybridized carbons (Fsp3) is 0. The first kappa shape index (κ1) is 35.8. The van der Waals surface area contributed by atoms with Crippen LogP contribution in [-0.4, -0.2) is 65.7 Å². The van der Waals surface area contributed by atoms with Crippen LogP contribution in [0.5, 0.6) is 0 Å². The van der Waals surface area contributed by atoms with Crippen LogP contribution in [0.15, 0.2) is 0 Å². The van der Waals surface area contributed by atoms with E-state index in [2.05, 4.69) is 0 Å². The summed E-state index contributed by atoms with van der Waals surface area (Å²) in [4.78, 5) is 0. The van der Waals surface area contributed by atoms with Crippen molar-refractivity contribution in [3.63, 3.8) is 0 Å². The number of hydrogen-bond donors (Lipinski definition) is 0. The SMILES string of the molecule is [Ge].[N].[Sb].[Te]. The van der Waals surface area contributed by atoms with Crippen molar-refractivity contribution in [1.82, 2.24) is 6.15 Å². The molecule has 0 spiro atoms. The summed E-state index contributed by atoms with van der Waals surface area (Å²) in [5.41, 5.74) is 0. The molecular formula is GeNSbTe. The molecule has 20 valence electrons. The molecule has 0 unspecified atom stereocenters. The molecule has 0 bridgehead atoms. The average molecular weight is 336 g/mol. The van der Waals surface area contributed by atoms with Gasteiger partial charge in [-0.3, -0.25) is 0 Å². The second-order valence-electron chi connectivity index (χ2n) is 0. The van der Waals surface area contributed by atoms with Gasteiger partial charge in [0.1, 0.15) is 0 Å². The Morgan fingerprint density at radius 1 is 1.00 bits per heavy atom. The van der Waals surface area contributed by atoms with Crippen molar-refractivity contribution in [2.45, 2.75) is 0 Å². The zero-order valence-corrected chi connectivity index (χ0v) is 8.78. The van der Waals surface area contributed by atoms with Gasteiger partial charge in [0.05, 0.1) is 0 Å². The van der Waals surface area contributed by atoms with E-state index in [0.717, 1.165) is 0 Å². The zero-order valence-electron chi connectivity index (χ0n) is 1.80. The molecule has 0 aromatic heterocycles. The first-order valence-corrected chi connectivity index (χ1v) is 0. The molecule has 0 heterocycles. The summed E-state index contributed by atoms with van der Waals surface area (Å²) in [7, 11) is 0. The molecule has 12 radical (unpaired) electrons. The molecule has 0 aliphatic rings. The Hall–Kier alpha value is 2.11. The molecule has 0 aliphatic carbocycles. The maximum Gasteiger partial charge on any atom is 0 e. The topological polar surface area (TPSA) is 30.5 Å². The van der Waals surface area contributed by atoms with Crippen LogP contribution in [0.3, 0.4) is 0 Å². The van der Waals surface area contributed by atoms with Crippen molar-refractivity contribution < 1.29 is 0 Å². The zero-order chi connectivity index (χ0) is 0. The molecule has 0 amide bonds. The summed E-state index contributed by atoms with van der Waals surface area (Å²) in [6.07, 6.45) is 0. The van der Waals surface area contributed by atoms with Gasteiger partial charge in [0.2, 0.25) is 0 Å². The molecule has 0 rings (SSSR count). The van der Waals surface area contributed by atoms with Gasteiger partial charge in [-0.25, -0.2) is 0 Å². The molecule has 0 aromatic carbocycles. The molecule has 0 aliphatic heterocycles. The Kier molecular flexibility index (Phi) is 174. The van der Waals surface area contributed by atoms with Crippen LogP contribution in [0.1, 0.15) is 0 Å². The second kappa shape index (κ2) is 19.4. The third-order valence-electron chi connectivity index (χ3n) is 0. The van der Waals surface area contributed by atoms with Crippen molar-refractivity contribution >= 4 is 65.7 Å². The Labute approximate surface area is 71.0 Å². The van der Waals surface area contributed by atoms with Crippen molar-refractivity contribution in [1.29, 1.82) is 0 Å². The molecule has 4 heavy (non-hydrogen) atoms. The maximum atomic E-state index is 0. The minimum atomic E-state index is 0. The van der Waals surface area contributed by atoms with Crippen LogP contribution in [0.25, 0.3) is 0 Å². The smallest absolute Gasteiger partial charge is 0 e. The first-order chi connectivity index (χ1) is 0. The monoisotopic (exact) mass is 339 g/mol. The Morgan fingerprint density at radius 3 is 1.00 bits per heavy atom. The van der Waals surface area contributed by atoms with Gasteiger partial charge in [-0.2, -0.15) is 0 Å². The Bertz CT molecular complexity index is 8.00. The molecule has 0 saturated heterocycles. The Morgan fingerprint density at radius 2 is 1.00 bits per heavy atom. The molecule has 4 heteroatoms. The predicted octanol–water partition coefficient (Wildman–Crippen LogP) is -1.62. The second-order valence-corrected chi connectivity index (χ2v) is 0. The van der Waals surface area contributed by atoms with E-state index in [9.17, 15) is 0 Å². The van der Waals surface area contributed by atoms with Gasteiger partial charge in [0.15, 0.2) is 0 Å². The predicted molar refractivity (Wildman–Crippen MR) is 19.4 cm³/mol. The summed E-state index contributed by atoms with van der Waals surface area (Å²) in [5.74, 6) is 0. The Balaban J connectivity index is 0. The summed E-state index contributed by atoms with van der Waals surface area (Å²) in [5, 5.41) is 0. The summed E-state index contributed by atoms with van der Waals surface area (Å²) in [6.45, 7) is 0. The van der Waals surface area contributed by atoms with E-state index in [4.69, 9.17) is 0 Å². The standard InChI is InChI=1S/Ge.N.Sb.Te. The minimum absolute atomic E-state index is 0. The van der Waals surface area contributed by atoms with Gasteiger partial charge in [-0.1, -0.05) is 0 Å². The van der Waals surface area contributed by atoms with Crippen LogP contribution >= 0.6 is 0 Å². The third-order valence-corrected chi connectivity index (χ3v) is 0. The number of hydrogen-bond acceptors (Lipinski definition) is 0.